The Bertz CT molecular complexity index is 463. The van der Waals surface area contributed by atoms with E-state index in [-0.39, 0.29) is 5.75 Å². The fourth-order valence-corrected chi connectivity index (χ4v) is 3.55. The van der Waals surface area contributed by atoms with Crippen LogP contribution in [-0.2, 0) is 0 Å². The van der Waals surface area contributed by atoms with E-state index in [4.69, 9.17) is 0 Å². The second-order valence-corrected chi connectivity index (χ2v) is 5.79. The maximum Gasteiger partial charge on any atom is 0.387 e. The summed E-state index contributed by atoms with van der Waals surface area (Å²) < 4.78 is 29.1. The van der Waals surface area contributed by atoms with Gasteiger partial charge in [-0.1, -0.05) is 13.3 Å². The molecule has 19 heavy (non-hydrogen) atoms. The Morgan fingerprint density at radius 3 is 2.84 bits per heavy atom. The highest BCUT2D eigenvalue weighted by Crippen LogP contribution is 2.45. The van der Waals surface area contributed by atoms with Crippen molar-refractivity contribution in [2.45, 2.75) is 38.7 Å². The largest absolute Gasteiger partial charge is 0.435 e. The third kappa shape index (κ3) is 2.53. The van der Waals surface area contributed by atoms with Crippen LogP contribution in [0.4, 0.5) is 14.5 Å². The lowest BCUT2D eigenvalue weighted by Gasteiger charge is -2.19. The number of halogens is 2. The molecule has 0 radical (unpaired) electrons. The lowest BCUT2D eigenvalue weighted by atomic mass is 9.86. The molecule has 0 aromatic heterocycles. The number of nitrogens with one attached hydrogen (secondary N) is 1. The molecule has 0 bridgehead atoms. The normalized spacial score (nSPS) is 29.4. The molecule has 2 aliphatic rings. The maximum atomic E-state index is 12.3. The molecule has 1 aliphatic heterocycles. The van der Waals surface area contributed by atoms with Crippen molar-refractivity contribution in [2.24, 2.45) is 11.8 Å². The average Bonchev–Trinajstić information content (AvgIpc) is 2.94. The third-order valence-electron chi connectivity index (χ3n) is 4.46. The van der Waals surface area contributed by atoms with Crippen LogP contribution in [-0.4, -0.2) is 13.2 Å². The molecule has 2 nitrogen and oxygen atoms in total. The first-order chi connectivity index (χ1) is 9.13. The zero-order valence-electron chi connectivity index (χ0n) is 11.0. The van der Waals surface area contributed by atoms with E-state index in [0.717, 1.165) is 23.7 Å². The summed E-state index contributed by atoms with van der Waals surface area (Å²) >= 11 is 0. The number of anilines is 1. The van der Waals surface area contributed by atoms with Crippen LogP contribution >= 0.6 is 0 Å². The lowest BCUT2D eigenvalue weighted by Crippen LogP contribution is -2.12. The summed E-state index contributed by atoms with van der Waals surface area (Å²) in [6, 6.07) is 5.25. The van der Waals surface area contributed by atoms with Crippen LogP contribution < -0.4 is 10.1 Å². The van der Waals surface area contributed by atoms with E-state index in [9.17, 15) is 8.78 Å². The predicted octanol–water partition coefficient (Wildman–Crippen LogP) is 4.23. The van der Waals surface area contributed by atoms with Crippen LogP contribution in [0.2, 0.25) is 0 Å². The van der Waals surface area contributed by atoms with Crippen molar-refractivity contribution in [1.29, 1.82) is 0 Å². The SMILES string of the molecule is CC1CCC(C2CNc3ccc(OC(F)F)cc32)C1. The van der Waals surface area contributed by atoms with Crippen LogP contribution in [0, 0.1) is 11.8 Å². The van der Waals surface area contributed by atoms with Gasteiger partial charge in [-0.25, -0.2) is 0 Å². The molecule has 104 valence electrons. The van der Waals surface area contributed by atoms with Gasteiger partial charge in [0, 0.05) is 18.2 Å². The third-order valence-corrected chi connectivity index (χ3v) is 4.46. The van der Waals surface area contributed by atoms with Gasteiger partial charge in [0.15, 0.2) is 0 Å². The second kappa shape index (κ2) is 4.99. The summed E-state index contributed by atoms with van der Waals surface area (Å²) in [5.41, 5.74) is 2.23. The molecule has 0 amide bonds. The first-order valence-corrected chi connectivity index (χ1v) is 6.96. The molecule has 1 aliphatic carbocycles. The standard InChI is InChI=1S/C15H19F2NO/c1-9-2-3-10(6-9)13-8-18-14-5-4-11(7-12(13)14)19-15(16)17/h4-5,7,9-10,13,15,18H,2-3,6,8H2,1H3. The summed E-state index contributed by atoms with van der Waals surface area (Å²) in [6.07, 6.45) is 3.77. The maximum absolute atomic E-state index is 12.3. The molecule has 3 atom stereocenters. The summed E-state index contributed by atoms with van der Waals surface area (Å²) in [4.78, 5) is 0. The van der Waals surface area contributed by atoms with Gasteiger partial charge in [0.1, 0.15) is 5.75 Å². The Balaban J connectivity index is 1.82. The summed E-state index contributed by atoms with van der Waals surface area (Å²) in [7, 11) is 0. The van der Waals surface area contributed by atoms with Crippen molar-refractivity contribution < 1.29 is 13.5 Å². The number of rotatable bonds is 3. The minimum absolute atomic E-state index is 0.272. The monoisotopic (exact) mass is 267 g/mol. The molecule has 4 heteroatoms. The molecular formula is C15H19F2NO. The van der Waals surface area contributed by atoms with Gasteiger partial charge in [-0.05, 0) is 48.4 Å². The molecule has 1 heterocycles. The number of hydrogen-bond acceptors (Lipinski definition) is 2. The zero-order valence-corrected chi connectivity index (χ0v) is 11.0. The minimum atomic E-state index is -2.75. The average molecular weight is 267 g/mol. The van der Waals surface area contributed by atoms with Gasteiger partial charge in [-0.2, -0.15) is 8.78 Å². The van der Waals surface area contributed by atoms with Crippen molar-refractivity contribution in [1.82, 2.24) is 0 Å². The first kappa shape index (κ1) is 12.7. The van der Waals surface area contributed by atoms with Crippen molar-refractivity contribution >= 4 is 5.69 Å². The highest BCUT2D eigenvalue weighted by atomic mass is 19.3. The molecule has 1 fully saturated rings. The van der Waals surface area contributed by atoms with Crippen LogP contribution in [0.15, 0.2) is 18.2 Å². The van der Waals surface area contributed by atoms with E-state index >= 15 is 0 Å². The zero-order chi connectivity index (χ0) is 13.4. The van der Waals surface area contributed by atoms with E-state index in [2.05, 4.69) is 17.0 Å². The van der Waals surface area contributed by atoms with Gasteiger partial charge in [0.05, 0.1) is 0 Å². The molecule has 0 spiro atoms. The van der Waals surface area contributed by atoms with E-state index in [1.54, 1.807) is 12.1 Å². The topological polar surface area (TPSA) is 21.3 Å². The minimum Gasteiger partial charge on any atom is -0.435 e. The Morgan fingerprint density at radius 1 is 1.32 bits per heavy atom. The van der Waals surface area contributed by atoms with Crippen LogP contribution in [0.1, 0.15) is 37.7 Å². The van der Waals surface area contributed by atoms with Crippen molar-refractivity contribution in [3.05, 3.63) is 23.8 Å². The molecule has 1 aromatic carbocycles. The molecule has 3 unspecified atom stereocenters. The lowest BCUT2D eigenvalue weighted by molar-refractivity contribution is -0.0498. The van der Waals surface area contributed by atoms with Crippen LogP contribution in [0.5, 0.6) is 5.75 Å². The number of hydrogen-bond donors (Lipinski definition) is 1. The highest BCUT2D eigenvalue weighted by molar-refractivity contribution is 5.60. The number of benzene rings is 1. The number of alkyl halides is 2. The fraction of sp³-hybridized carbons (Fsp3) is 0.600. The van der Waals surface area contributed by atoms with Gasteiger partial charge >= 0.3 is 6.61 Å². The van der Waals surface area contributed by atoms with E-state index in [0.29, 0.717) is 11.8 Å². The predicted molar refractivity (Wildman–Crippen MR) is 70.8 cm³/mol. The van der Waals surface area contributed by atoms with Gasteiger partial charge in [0.2, 0.25) is 0 Å². The summed E-state index contributed by atoms with van der Waals surface area (Å²) in [5, 5.41) is 3.38. The van der Waals surface area contributed by atoms with Gasteiger partial charge in [-0.15, -0.1) is 0 Å². The van der Waals surface area contributed by atoms with Gasteiger partial charge < -0.3 is 10.1 Å². The Morgan fingerprint density at radius 2 is 2.16 bits per heavy atom. The Labute approximate surface area is 112 Å². The van der Waals surface area contributed by atoms with Crippen molar-refractivity contribution in [3.63, 3.8) is 0 Å². The molecule has 1 saturated carbocycles. The van der Waals surface area contributed by atoms with E-state index in [1.165, 1.54) is 19.3 Å². The quantitative estimate of drug-likeness (QED) is 0.884. The Kier molecular flexibility index (Phi) is 3.33. The highest BCUT2D eigenvalue weighted by Gasteiger charge is 2.34. The van der Waals surface area contributed by atoms with Crippen molar-refractivity contribution in [2.75, 3.05) is 11.9 Å². The van der Waals surface area contributed by atoms with Gasteiger partial charge in [-0.3, -0.25) is 0 Å². The second-order valence-electron chi connectivity index (χ2n) is 5.79. The van der Waals surface area contributed by atoms with E-state index < -0.39 is 6.61 Å². The molecular weight excluding hydrogens is 248 g/mol. The molecule has 1 aromatic rings. The van der Waals surface area contributed by atoms with Gasteiger partial charge in [0.25, 0.3) is 0 Å². The summed E-state index contributed by atoms with van der Waals surface area (Å²) in [5.74, 6) is 2.18. The molecule has 3 rings (SSSR count). The van der Waals surface area contributed by atoms with E-state index in [1.807, 2.05) is 6.07 Å². The van der Waals surface area contributed by atoms with Crippen LogP contribution in [0.25, 0.3) is 0 Å². The van der Waals surface area contributed by atoms with Crippen molar-refractivity contribution in [3.8, 4) is 5.75 Å². The first-order valence-electron chi connectivity index (χ1n) is 6.96. The van der Waals surface area contributed by atoms with Crippen LogP contribution in [0.3, 0.4) is 0 Å². The molecule has 0 saturated heterocycles. The Hall–Kier alpha value is -1.32. The molecule has 1 N–H and O–H groups in total. The number of fused-ring (bicyclic) bond motifs is 1. The summed E-state index contributed by atoms with van der Waals surface area (Å²) in [6.45, 7) is 0.460. The smallest absolute Gasteiger partial charge is 0.387 e. The number of ether oxygens (including phenoxy) is 1. The fourth-order valence-electron chi connectivity index (χ4n) is 3.55.